The number of amidine groups is 1. The van der Waals surface area contributed by atoms with E-state index >= 15 is 0 Å². The number of hydrogen-bond acceptors (Lipinski definition) is 6. The molecule has 0 aliphatic carbocycles. The van der Waals surface area contributed by atoms with E-state index < -0.39 is 0 Å². The van der Waals surface area contributed by atoms with Gasteiger partial charge < -0.3 is 9.64 Å². The maximum absolute atomic E-state index is 12.3. The summed E-state index contributed by atoms with van der Waals surface area (Å²) in [7, 11) is 0. The summed E-state index contributed by atoms with van der Waals surface area (Å²) in [5.41, 5.74) is 2.19. The van der Waals surface area contributed by atoms with Crippen LogP contribution in [0, 0.1) is 0 Å². The minimum atomic E-state index is 0.139. The number of carbonyl (C=O) groups is 1. The minimum absolute atomic E-state index is 0.139. The lowest BCUT2D eigenvalue weighted by Crippen LogP contribution is -2.42. The van der Waals surface area contributed by atoms with E-state index in [1.54, 1.807) is 0 Å². The van der Waals surface area contributed by atoms with Crippen molar-refractivity contribution in [1.82, 2.24) is 9.91 Å². The van der Waals surface area contributed by atoms with Crippen molar-refractivity contribution >= 4 is 34.7 Å². The molecule has 1 unspecified atom stereocenters. The summed E-state index contributed by atoms with van der Waals surface area (Å²) in [6, 6.07) is 8.37. The first-order valence-corrected chi connectivity index (χ1v) is 8.79. The van der Waals surface area contributed by atoms with E-state index in [1.165, 1.54) is 17.3 Å². The highest BCUT2D eigenvalue weighted by Gasteiger charge is 2.33. The molecule has 1 amide bonds. The molecule has 0 N–H and O–H groups in total. The predicted octanol–water partition coefficient (Wildman–Crippen LogP) is 2.01. The second-order valence-corrected chi connectivity index (χ2v) is 6.57. The number of benzene rings is 1. The summed E-state index contributed by atoms with van der Waals surface area (Å²) in [6.07, 6.45) is 2.81. The van der Waals surface area contributed by atoms with Gasteiger partial charge in [0.05, 0.1) is 30.7 Å². The van der Waals surface area contributed by atoms with Crippen molar-refractivity contribution in [2.24, 2.45) is 10.1 Å². The van der Waals surface area contributed by atoms with Gasteiger partial charge in [0.1, 0.15) is 0 Å². The number of amides is 1. The Hall–Kier alpha value is -1.86. The molecule has 0 spiro atoms. The van der Waals surface area contributed by atoms with Crippen LogP contribution in [-0.2, 0) is 9.53 Å². The van der Waals surface area contributed by atoms with Crippen molar-refractivity contribution in [2.75, 3.05) is 32.1 Å². The number of nitrogens with zero attached hydrogens (tertiary/aromatic N) is 4. The predicted molar refractivity (Wildman–Crippen MR) is 91.1 cm³/mol. The average molecular weight is 330 g/mol. The monoisotopic (exact) mass is 330 g/mol. The van der Waals surface area contributed by atoms with E-state index in [-0.39, 0.29) is 11.9 Å². The zero-order valence-corrected chi connectivity index (χ0v) is 13.5. The number of para-hydroxylation sites is 1. The van der Waals surface area contributed by atoms with E-state index in [9.17, 15) is 4.79 Å². The van der Waals surface area contributed by atoms with Crippen LogP contribution < -0.4 is 0 Å². The zero-order chi connectivity index (χ0) is 15.6. The van der Waals surface area contributed by atoms with Crippen LogP contribution in [0.3, 0.4) is 0 Å². The molecule has 3 aliphatic rings. The molecule has 120 valence electrons. The molecular formula is C16H18N4O2S. The van der Waals surface area contributed by atoms with Crippen LogP contribution in [-0.4, -0.2) is 59.3 Å². The number of fused-ring (bicyclic) bond motifs is 3. The molecule has 1 aromatic rings. The van der Waals surface area contributed by atoms with E-state index in [1.807, 2.05) is 34.3 Å². The van der Waals surface area contributed by atoms with Crippen LogP contribution >= 0.6 is 11.8 Å². The third kappa shape index (κ3) is 2.86. The number of ether oxygens (including phenoxy) is 1. The van der Waals surface area contributed by atoms with Crippen LogP contribution in [0.5, 0.6) is 0 Å². The van der Waals surface area contributed by atoms with Crippen molar-refractivity contribution < 1.29 is 9.53 Å². The number of aliphatic imine (C=N–C) groups is 1. The molecule has 6 nitrogen and oxygen atoms in total. The maximum atomic E-state index is 12.3. The Morgan fingerprint density at radius 1 is 1.30 bits per heavy atom. The summed E-state index contributed by atoms with van der Waals surface area (Å²) >= 11 is 1.47. The maximum Gasteiger partial charge on any atom is 0.233 e. The van der Waals surface area contributed by atoms with Crippen LogP contribution in [0.25, 0.3) is 0 Å². The molecule has 1 aromatic carbocycles. The highest BCUT2D eigenvalue weighted by Crippen LogP contribution is 2.40. The average Bonchev–Trinajstić information content (AvgIpc) is 3.10. The Labute approximate surface area is 139 Å². The van der Waals surface area contributed by atoms with Gasteiger partial charge in [-0.2, -0.15) is 5.10 Å². The summed E-state index contributed by atoms with van der Waals surface area (Å²) in [5.74, 6) is 0.527. The standard InChI is InChI=1S/C16H18N4O2S/c21-15(19-7-9-22-10-8-19)11-23-16-18-13-4-2-1-3-12(13)14-5-6-17-20(14)16/h1-4,6,14H,5,7-11H2. The zero-order valence-electron chi connectivity index (χ0n) is 12.7. The van der Waals surface area contributed by atoms with Gasteiger partial charge in [0.2, 0.25) is 5.91 Å². The number of carbonyl (C=O) groups excluding carboxylic acids is 1. The second kappa shape index (κ2) is 6.33. The molecule has 4 rings (SSSR count). The number of thioether (sulfide) groups is 1. The van der Waals surface area contributed by atoms with Crippen LogP contribution in [0.1, 0.15) is 18.0 Å². The minimum Gasteiger partial charge on any atom is -0.378 e. The van der Waals surface area contributed by atoms with E-state index in [0.717, 1.165) is 17.3 Å². The number of rotatable bonds is 2. The van der Waals surface area contributed by atoms with Gasteiger partial charge in [-0.3, -0.25) is 4.79 Å². The molecule has 1 fully saturated rings. The van der Waals surface area contributed by atoms with Gasteiger partial charge in [-0.15, -0.1) is 0 Å². The lowest BCUT2D eigenvalue weighted by molar-refractivity contribution is -0.132. The van der Waals surface area contributed by atoms with Crippen molar-refractivity contribution in [2.45, 2.75) is 12.5 Å². The summed E-state index contributed by atoms with van der Waals surface area (Å²) in [6.45, 7) is 2.62. The molecule has 3 aliphatic heterocycles. The van der Waals surface area contributed by atoms with Gasteiger partial charge in [-0.05, 0) is 6.07 Å². The number of morpholine rings is 1. The first-order valence-electron chi connectivity index (χ1n) is 7.80. The molecule has 0 radical (unpaired) electrons. The second-order valence-electron chi connectivity index (χ2n) is 5.63. The van der Waals surface area contributed by atoms with Gasteiger partial charge in [0.25, 0.3) is 0 Å². The van der Waals surface area contributed by atoms with Gasteiger partial charge >= 0.3 is 0 Å². The fourth-order valence-electron chi connectivity index (χ4n) is 3.01. The quantitative estimate of drug-likeness (QED) is 0.832. The molecule has 0 aromatic heterocycles. The molecule has 7 heteroatoms. The third-order valence-electron chi connectivity index (χ3n) is 4.23. The topological polar surface area (TPSA) is 57.5 Å². The summed E-state index contributed by atoms with van der Waals surface area (Å²) in [5, 5.41) is 7.19. The smallest absolute Gasteiger partial charge is 0.233 e. The molecule has 0 bridgehead atoms. The fourth-order valence-corrected chi connectivity index (χ4v) is 3.92. The van der Waals surface area contributed by atoms with Crippen LogP contribution in [0.2, 0.25) is 0 Å². The Morgan fingerprint density at radius 2 is 2.13 bits per heavy atom. The third-order valence-corrected chi connectivity index (χ3v) is 5.15. The van der Waals surface area contributed by atoms with E-state index in [0.29, 0.717) is 32.1 Å². The largest absolute Gasteiger partial charge is 0.378 e. The molecule has 1 saturated heterocycles. The van der Waals surface area contributed by atoms with E-state index in [2.05, 4.69) is 11.2 Å². The lowest BCUT2D eigenvalue weighted by Gasteiger charge is -2.30. The molecule has 3 heterocycles. The Balaban J connectivity index is 1.48. The summed E-state index contributed by atoms with van der Waals surface area (Å²) < 4.78 is 5.29. The van der Waals surface area contributed by atoms with Gasteiger partial charge in [0, 0.05) is 31.3 Å². The van der Waals surface area contributed by atoms with Gasteiger partial charge in [-0.1, -0.05) is 30.0 Å². The normalized spacial score (nSPS) is 22.6. The highest BCUT2D eigenvalue weighted by molar-refractivity contribution is 8.14. The Kier molecular flexibility index (Phi) is 4.05. The highest BCUT2D eigenvalue weighted by atomic mass is 32.2. The van der Waals surface area contributed by atoms with E-state index in [4.69, 9.17) is 9.73 Å². The molecule has 23 heavy (non-hydrogen) atoms. The number of hydrogen-bond donors (Lipinski definition) is 0. The van der Waals surface area contributed by atoms with Crippen molar-refractivity contribution in [3.63, 3.8) is 0 Å². The van der Waals surface area contributed by atoms with Gasteiger partial charge in [0.15, 0.2) is 5.17 Å². The first kappa shape index (κ1) is 14.7. The molecule has 0 saturated carbocycles. The van der Waals surface area contributed by atoms with Gasteiger partial charge in [-0.25, -0.2) is 10.0 Å². The van der Waals surface area contributed by atoms with Crippen LogP contribution in [0.4, 0.5) is 5.69 Å². The van der Waals surface area contributed by atoms with Crippen LogP contribution in [0.15, 0.2) is 34.4 Å². The Bertz CT molecular complexity index is 670. The molecular weight excluding hydrogens is 312 g/mol. The Morgan fingerprint density at radius 3 is 3.00 bits per heavy atom. The fraction of sp³-hybridized carbons (Fsp3) is 0.438. The SMILES string of the molecule is O=C(CSC1=Nc2ccccc2C2CC=NN12)N1CCOCC1. The first-order chi connectivity index (χ1) is 11.3. The number of hydrazone groups is 1. The lowest BCUT2D eigenvalue weighted by atomic mass is 10.0. The van der Waals surface area contributed by atoms with Crippen molar-refractivity contribution in [1.29, 1.82) is 0 Å². The van der Waals surface area contributed by atoms with Crippen molar-refractivity contribution in [3.8, 4) is 0 Å². The molecule has 1 atom stereocenters. The van der Waals surface area contributed by atoms with Crippen molar-refractivity contribution in [3.05, 3.63) is 29.8 Å². The summed E-state index contributed by atoms with van der Waals surface area (Å²) in [4.78, 5) is 18.9.